The molecule has 1 aliphatic heterocycles. The molecular formula is C14H26O2. The van der Waals surface area contributed by atoms with Gasteiger partial charge < -0.3 is 9.84 Å². The van der Waals surface area contributed by atoms with E-state index in [4.69, 9.17) is 4.74 Å². The first kappa shape index (κ1) is 12.4. The summed E-state index contributed by atoms with van der Waals surface area (Å²) >= 11 is 0. The second-order valence-electron chi connectivity index (χ2n) is 6.31. The Morgan fingerprint density at radius 3 is 2.50 bits per heavy atom. The average molecular weight is 226 g/mol. The second kappa shape index (κ2) is 4.30. The largest absolute Gasteiger partial charge is 0.390 e. The van der Waals surface area contributed by atoms with E-state index in [-0.39, 0.29) is 5.60 Å². The normalized spacial score (nSPS) is 33.2. The second-order valence-corrected chi connectivity index (χ2v) is 6.31. The van der Waals surface area contributed by atoms with Crippen molar-refractivity contribution in [2.45, 2.75) is 70.5 Å². The molecule has 0 amide bonds. The zero-order valence-electron chi connectivity index (χ0n) is 11.0. The van der Waals surface area contributed by atoms with Gasteiger partial charge in [-0.2, -0.15) is 0 Å². The smallest absolute Gasteiger partial charge is 0.0686 e. The summed E-state index contributed by atoms with van der Waals surface area (Å²) in [5.74, 6) is 0.744. The Bertz CT molecular complexity index is 239. The van der Waals surface area contributed by atoms with Gasteiger partial charge in [0.15, 0.2) is 0 Å². The van der Waals surface area contributed by atoms with Crippen LogP contribution < -0.4 is 0 Å². The minimum atomic E-state index is -0.528. The third-order valence-electron chi connectivity index (χ3n) is 5.00. The molecule has 1 spiro atoms. The molecule has 2 aliphatic rings. The van der Waals surface area contributed by atoms with Crippen molar-refractivity contribution < 1.29 is 9.84 Å². The van der Waals surface area contributed by atoms with Crippen molar-refractivity contribution in [1.82, 2.24) is 0 Å². The van der Waals surface area contributed by atoms with Crippen molar-refractivity contribution in [3.05, 3.63) is 0 Å². The molecule has 0 aromatic rings. The van der Waals surface area contributed by atoms with Crippen LogP contribution in [0.15, 0.2) is 0 Å². The van der Waals surface area contributed by atoms with Gasteiger partial charge in [-0.05, 0) is 44.4 Å². The number of rotatable bonds is 2. The van der Waals surface area contributed by atoms with Gasteiger partial charge in [0.1, 0.15) is 0 Å². The fourth-order valence-corrected chi connectivity index (χ4v) is 3.37. The molecule has 1 saturated carbocycles. The van der Waals surface area contributed by atoms with Gasteiger partial charge in [-0.25, -0.2) is 0 Å². The van der Waals surface area contributed by atoms with Crippen LogP contribution >= 0.6 is 0 Å². The first-order chi connectivity index (χ1) is 7.46. The van der Waals surface area contributed by atoms with Crippen LogP contribution in [0.4, 0.5) is 0 Å². The zero-order chi connectivity index (χ0) is 11.8. The Labute approximate surface area is 99.4 Å². The molecule has 2 atom stereocenters. The van der Waals surface area contributed by atoms with Gasteiger partial charge in [0.25, 0.3) is 0 Å². The van der Waals surface area contributed by atoms with Gasteiger partial charge in [-0.15, -0.1) is 0 Å². The molecule has 0 aromatic carbocycles. The summed E-state index contributed by atoms with van der Waals surface area (Å²) in [4.78, 5) is 0. The molecule has 2 rings (SSSR count). The van der Waals surface area contributed by atoms with Crippen molar-refractivity contribution >= 4 is 0 Å². The van der Waals surface area contributed by atoms with Gasteiger partial charge in [0, 0.05) is 6.61 Å². The summed E-state index contributed by atoms with van der Waals surface area (Å²) in [6, 6.07) is 0. The fraction of sp³-hybridized carbons (Fsp3) is 1.00. The van der Waals surface area contributed by atoms with Gasteiger partial charge in [-0.1, -0.05) is 26.7 Å². The Morgan fingerprint density at radius 1 is 1.31 bits per heavy atom. The van der Waals surface area contributed by atoms with Crippen LogP contribution in [0.3, 0.4) is 0 Å². The van der Waals surface area contributed by atoms with E-state index in [2.05, 4.69) is 13.8 Å². The summed E-state index contributed by atoms with van der Waals surface area (Å²) < 4.78 is 6.02. The summed E-state index contributed by atoms with van der Waals surface area (Å²) in [7, 11) is 0. The lowest BCUT2D eigenvalue weighted by atomic mass is 9.71. The molecule has 16 heavy (non-hydrogen) atoms. The molecule has 1 N–H and O–H groups in total. The molecule has 2 heteroatoms. The topological polar surface area (TPSA) is 29.5 Å². The molecule has 2 nitrogen and oxygen atoms in total. The van der Waals surface area contributed by atoms with Gasteiger partial charge >= 0.3 is 0 Å². The van der Waals surface area contributed by atoms with E-state index in [1.54, 1.807) is 0 Å². The highest BCUT2D eigenvalue weighted by Gasteiger charge is 2.46. The SMILES string of the molecule is CC(C)C(C)(O)C1CCOC2(CCCC2)C1. The molecule has 0 bridgehead atoms. The third kappa shape index (κ3) is 2.14. The molecule has 0 radical (unpaired) electrons. The van der Waals surface area contributed by atoms with Crippen molar-refractivity contribution in [1.29, 1.82) is 0 Å². The lowest BCUT2D eigenvalue weighted by Gasteiger charge is -2.45. The van der Waals surface area contributed by atoms with Crippen LogP contribution in [0, 0.1) is 11.8 Å². The van der Waals surface area contributed by atoms with Crippen LogP contribution in [0.25, 0.3) is 0 Å². The quantitative estimate of drug-likeness (QED) is 0.784. The van der Waals surface area contributed by atoms with Gasteiger partial charge in [0.05, 0.1) is 11.2 Å². The van der Waals surface area contributed by atoms with Gasteiger partial charge in [0.2, 0.25) is 0 Å². The number of hydrogen-bond donors (Lipinski definition) is 1. The van der Waals surface area contributed by atoms with Crippen LogP contribution in [-0.2, 0) is 4.74 Å². The van der Waals surface area contributed by atoms with Crippen LogP contribution in [-0.4, -0.2) is 22.9 Å². The number of ether oxygens (including phenoxy) is 1. The molecule has 0 aromatic heterocycles. The first-order valence-corrected chi connectivity index (χ1v) is 6.83. The molecule has 94 valence electrons. The van der Waals surface area contributed by atoms with Crippen molar-refractivity contribution in [3.8, 4) is 0 Å². The Balaban J connectivity index is 2.06. The van der Waals surface area contributed by atoms with E-state index < -0.39 is 5.60 Å². The lowest BCUT2D eigenvalue weighted by molar-refractivity contribution is -0.147. The highest BCUT2D eigenvalue weighted by atomic mass is 16.5. The number of aliphatic hydroxyl groups is 1. The molecule has 2 fully saturated rings. The predicted octanol–water partition coefficient (Wildman–Crippen LogP) is 3.13. The summed E-state index contributed by atoms with van der Waals surface area (Å²) in [5, 5.41) is 10.6. The van der Waals surface area contributed by atoms with Crippen molar-refractivity contribution in [3.63, 3.8) is 0 Å². The minimum Gasteiger partial charge on any atom is -0.390 e. The minimum absolute atomic E-state index is 0.127. The van der Waals surface area contributed by atoms with Gasteiger partial charge in [-0.3, -0.25) is 0 Å². The van der Waals surface area contributed by atoms with E-state index >= 15 is 0 Å². The number of hydrogen-bond acceptors (Lipinski definition) is 2. The standard InChI is InChI=1S/C14H26O2/c1-11(2)13(3,15)12-6-9-16-14(10-12)7-4-5-8-14/h11-12,15H,4-10H2,1-3H3. The van der Waals surface area contributed by atoms with Crippen LogP contribution in [0.2, 0.25) is 0 Å². The maximum absolute atomic E-state index is 10.6. The highest BCUT2D eigenvalue weighted by molar-refractivity contribution is 4.97. The van der Waals surface area contributed by atoms with Crippen LogP contribution in [0.1, 0.15) is 59.3 Å². The average Bonchev–Trinajstić information content (AvgIpc) is 2.66. The van der Waals surface area contributed by atoms with E-state index in [9.17, 15) is 5.11 Å². The van der Waals surface area contributed by atoms with Crippen molar-refractivity contribution in [2.75, 3.05) is 6.61 Å². The monoisotopic (exact) mass is 226 g/mol. The lowest BCUT2D eigenvalue weighted by Crippen LogP contribution is -2.48. The molecule has 1 saturated heterocycles. The Hall–Kier alpha value is -0.0800. The summed E-state index contributed by atoms with van der Waals surface area (Å²) in [5.41, 5.74) is -0.402. The van der Waals surface area contributed by atoms with E-state index in [0.717, 1.165) is 19.4 Å². The predicted molar refractivity (Wildman–Crippen MR) is 65.3 cm³/mol. The first-order valence-electron chi connectivity index (χ1n) is 6.83. The molecular weight excluding hydrogens is 200 g/mol. The molecule has 1 heterocycles. The van der Waals surface area contributed by atoms with E-state index in [0.29, 0.717) is 11.8 Å². The summed E-state index contributed by atoms with van der Waals surface area (Å²) in [6.07, 6.45) is 7.10. The highest BCUT2D eigenvalue weighted by Crippen LogP contribution is 2.46. The third-order valence-corrected chi connectivity index (χ3v) is 5.00. The maximum Gasteiger partial charge on any atom is 0.0686 e. The van der Waals surface area contributed by atoms with E-state index in [1.807, 2.05) is 6.92 Å². The fourth-order valence-electron chi connectivity index (χ4n) is 3.37. The zero-order valence-corrected chi connectivity index (χ0v) is 11.0. The Kier molecular flexibility index (Phi) is 3.33. The summed E-state index contributed by atoms with van der Waals surface area (Å²) in [6.45, 7) is 7.09. The van der Waals surface area contributed by atoms with Crippen LogP contribution in [0.5, 0.6) is 0 Å². The van der Waals surface area contributed by atoms with Crippen molar-refractivity contribution in [2.24, 2.45) is 11.8 Å². The molecule has 1 aliphatic carbocycles. The van der Waals surface area contributed by atoms with E-state index in [1.165, 1.54) is 25.7 Å². The maximum atomic E-state index is 10.6. The molecule has 2 unspecified atom stereocenters. The Morgan fingerprint density at radius 2 is 1.94 bits per heavy atom.